The molecule has 3 rings (SSSR count). The van der Waals surface area contributed by atoms with Crippen LogP contribution in [0, 0.1) is 0 Å². The molecule has 5 heteroatoms. The first-order valence-corrected chi connectivity index (χ1v) is 8.24. The van der Waals surface area contributed by atoms with E-state index in [9.17, 15) is 9.59 Å². The maximum Gasteiger partial charge on any atom is 0.335 e. The van der Waals surface area contributed by atoms with Crippen molar-refractivity contribution < 1.29 is 14.7 Å². The minimum Gasteiger partial charge on any atom is -0.478 e. The summed E-state index contributed by atoms with van der Waals surface area (Å²) in [4.78, 5) is 25.2. The minimum atomic E-state index is -0.976. The summed E-state index contributed by atoms with van der Waals surface area (Å²) in [5, 5.41) is 13.2. The molecule has 1 aliphatic heterocycles. The van der Waals surface area contributed by atoms with Crippen molar-refractivity contribution in [3.63, 3.8) is 0 Å². The number of thiophene rings is 1. The Hall–Kier alpha value is -2.14. The molecular formula is C17H17NO3S. The Morgan fingerprint density at radius 1 is 1.05 bits per heavy atom. The number of carboxylic acid groups (broad SMARTS) is 1. The summed E-state index contributed by atoms with van der Waals surface area (Å²) in [5.41, 5.74) is 2.13. The Bertz CT molecular complexity index is 656. The zero-order valence-corrected chi connectivity index (χ0v) is 12.9. The molecular weight excluding hydrogens is 298 g/mol. The van der Waals surface area contributed by atoms with E-state index < -0.39 is 5.97 Å². The van der Waals surface area contributed by atoms with Crippen LogP contribution in [0.2, 0.25) is 0 Å². The van der Waals surface area contributed by atoms with Crippen molar-refractivity contribution in [2.24, 2.45) is 0 Å². The van der Waals surface area contributed by atoms with Crippen LogP contribution < -0.4 is 0 Å². The van der Waals surface area contributed by atoms with E-state index in [4.69, 9.17) is 5.11 Å². The summed E-state index contributed by atoms with van der Waals surface area (Å²) >= 11 is 1.71. The summed E-state index contributed by atoms with van der Waals surface area (Å²) in [7, 11) is 0. The molecule has 2 heterocycles. The van der Waals surface area contributed by atoms with Crippen LogP contribution in [0.5, 0.6) is 0 Å². The molecule has 114 valence electrons. The SMILES string of the molecule is O=C(O)c1ccc(C(=O)N2CCC(c3ccsc3)CC2)cc1. The van der Waals surface area contributed by atoms with Crippen LogP contribution in [0.25, 0.3) is 0 Å². The fourth-order valence-electron chi connectivity index (χ4n) is 2.86. The van der Waals surface area contributed by atoms with Crippen molar-refractivity contribution in [2.45, 2.75) is 18.8 Å². The molecule has 22 heavy (non-hydrogen) atoms. The van der Waals surface area contributed by atoms with Gasteiger partial charge >= 0.3 is 5.97 Å². The van der Waals surface area contributed by atoms with Gasteiger partial charge in [-0.15, -0.1) is 0 Å². The van der Waals surface area contributed by atoms with Crippen LogP contribution >= 0.6 is 11.3 Å². The number of carbonyl (C=O) groups is 2. The lowest BCUT2D eigenvalue weighted by Gasteiger charge is -2.32. The van der Waals surface area contributed by atoms with Crippen molar-refractivity contribution in [1.29, 1.82) is 0 Å². The smallest absolute Gasteiger partial charge is 0.335 e. The second kappa shape index (κ2) is 6.32. The molecule has 1 saturated heterocycles. The standard InChI is InChI=1S/C17H17NO3S/c19-16(13-1-3-14(4-2-13)17(20)21)18-8-5-12(6-9-18)15-7-10-22-11-15/h1-4,7,10-12H,5-6,8-9H2,(H,20,21). The Morgan fingerprint density at radius 3 is 2.23 bits per heavy atom. The topological polar surface area (TPSA) is 57.6 Å². The monoisotopic (exact) mass is 315 g/mol. The van der Waals surface area contributed by atoms with Gasteiger partial charge in [-0.3, -0.25) is 4.79 Å². The number of hydrogen-bond acceptors (Lipinski definition) is 3. The van der Waals surface area contributed by atoms with E-state index in [1.165, 1.54) is 17.7 Å². The number of nitrogens with zero attached hydrogens (tertiary/aromatic N) is 1. The molecule has 0 unspecified atom stereocenters. The molecule has 0 bridgehead atoms. The van der Waals surface area contributed by atoms with Gasteiger partial charge in [0.25, 0.3) is 5.91 Å². The number of carboxylic acids is 1. The fourth-order valence-corrected chi connectivity index (χ4v) is 3.60. The molecule has 4 nitrogen and oxygen atoms in total. The van der Waals surface area contributed by atoms with Crippen molar-refractivity contribution in [3.8, 4) is 0 Å². The number of aromatic carboxylic acids is 1. The maximum absolute atomic E-state index is 12.5. The average Bonchev–Trinajstić information content (AvgIpc) is 3.09. The van der Waals surface area contributed by atoms with Crippen LogP contribution in [0.3, 0.4) is 0 Å². The Morgan fingerprint density at radius 2 is 1.68 bits per heavy atom. The number of piperidine rings is 1. The number of likely N-dealkylation sites (tertiary alicyclic amines) is 1. The summed E-state index contributed by atoms with van der Waals surface area (Å²) in [6, 6.07) is 8.31. The van der Waals surface area contributed by atoms with Crippen molar-refractivity contribution >= 4 is 23.2 Å². The van der Waals surface area contributed by atoms with E-state index >= 15 is 0 Å². The van der Waals surface area contributed by atoms with E-state index in [1.54, 1.807) is 23.5 Å². The Labute approximate surface area is 133 Å². The lowest BCUT2D eigenvalue weighted by Crippen LogP contribution is -2.37. The summed E-state index contributed by atoms with van der Waals surface area (Å²) in [6.45, 7) is 1.50. The van der Waals surface area contributed by atoms with Crippen molar-refractivity contribution in [3.05, 3.63) is 57.8 Å². The van der Waals surface area contributed by atoms with Gasteiger partial charge < -0.3 is 10.0 Å². The first kappa shape index (κ1) is 14.8. The first-order chi connectivity index (χ1) is 10.6. The third kappa shape index (κ3) is 3.04. The van der Waals surface area contributed by atoms with Gasteiger partial charge in [0.05, 0.1) is 5.56 Å². The van der Waals surface area contributed by atoms with E-state index in [-0.39, 0.29) is 11.5 Å². The molecule has 1 aromatic carbocycles. The van der Waals surface area contributed by atoms with Gasteiger partial charge in [0.15, 0.2) is 0 Å². The maximum atomic E-state index is 12.5. The van der Waals surface area contributed by atoms with Crippen LogP contribution in [-0.2, 0) is 0 Å². The van der Waals surface area contributed by atoms with Gasteiger partial charge in [-0.1, -0.05) is 0 Å². The normalized spacial score (nSPS) is 15.7. The highest BCUT2D eigenvalue weighted by Crippen LogP contribution is 2.29. The molecule has 0 atom stereocenters. The van der Waals surface area contributed by atoms with E-state index in [0.717, 1.165) is 25.9 Å². The van der Waals surface area contributed by atoms with Gasteiger partial charge in [0, 0.05) is 18.7 Å². The lowest BCUT2D eigenvalue weighted by atomic mass is 9.91. The predicted molar refractivity (Wildman–Crippen MR) is 85.6 cm³/mol. The van der Waals surface area contributed by atoms with Crippen molar-refractivity contribution in [2.75, 3.05) is 13.1 Å². The highest BCUT2D eigenvalue weighted by atomic mass is 32.1. The summed E-state index contributed by atoms with van der Waals surface area (Å²) < 4.78 is 0. The molecule has 2 aromatic rings. The van der Waals surface area contributed by atoms with E-state index in [1.807, 2.05) is 4.90 Å². The van der Waals surface area contributed by atoms with E-state index in [2.05, 4.69) is 16.8 Å². The largest absolute Gasteiger partial charge is 0.478 e. The molecule has 0 saturated carbocycles. The molecule has 0 aliphatic carbocycles. The van der Waals surface area contributed by atoms with Gasteiger partial charge in [-0.05, 0) is 65.4 Å². The molecule has 1 N–H and O–H groups in total. The van der Waals surface area contributed by atoms with Gasteiger partial charge in [0.2, 0.25) is 0 Å². The van der Waals surface area contributed by atoms with Crippen LogP contribution in [0.1, 0.15) is 45.0 Å². The molecule has 1 aliphatic rings. The highest BCUT2D eigenvalue weighted by molar-refractivity contribution is 7.07. The molecule has 1 aromatic heterocycles. The predicted octanol–water partition coefficient (Wildman–Crippen LogP) is 3.47. The summed E-state index contributed by atoms with van der Waals surface area (Å²) in [5.74, 6) is -0.444. The molecule has 0 radical (unpaired) electrons. The number of carbonyl (C=O) groups excluding carboxylic acids is 1. The first-order valence-electron chi connectivity index (χ1n) is 7.30. The number of amides is 1. The van der Waals surface area contributed by atoms with Gasteiger partial charge in [-0.2, -0.15) is 11.3 Å². The molecule has 0 spiro atoms. The lowest BCUT2D eigenvalue weighted by molar-refractivity contribution is 0.0689. The fraction of sp³-hybridized carbons (Fsp3) is 0.294. The van der Waals surface area contributed by atoms with Crippen LogP contribution in [-0.4, -0.2) is 35.0 Å². The van der Waals surface area contributed by atoms with Crippen LogP contribution in [0.15, 0.2) is 41.1 Å². The second-order valence-corrected chi connectivity index (χ2v) is 6.29. The number of hydrogen-bond donors (Lipinski definition) is 1. The zero-order chi connectivity index (χ0) is 15.5. The van der Waals surface area contributed by atoms with Gasteiger partial charge in [0.1, 0.15) is 0 Å². The Kier molecular flexibility index (Phi) is 4.24. The summed E-state index contributed by atoms with van der Waals surface area (Å²) in [6.07, 6.45) is 1.96. The third-order valence-electron chi connectivity index (χ3n) is 4.18. The third-order valence-corrected chi connectivity index (χ3v) is 4.88. The van der Waals surface area contributed by atoms with Crippen molar-refractivity contribution in [1.82, 2.24) is 4.90 Å². The van der Waals surface area contributed by atoms with Crippen LogP contribution in [0.4, 0.5) is 0 Å². The van der Waals surface area contributed by atoms with Gasteiger partial charge in [-0.25, -0.2) is 4.79 Å². The number of rotatable bonds is 3. The average molecular weight is 315 g/mol. The highest BCUT2D eigenvalue weighted by Gasteiger charge is 2.24. The van der Waals surface area contributed by atoms with E-state index in [0.29, 0.717) is 11.5 Å². The quantitative estimate of drug-likeness (QED) is 0.943. The second-order valence-electron chi connectivity index (χ2n) is 5.51. The number of benzene rings is 1. The zero-order valence-electron chi connectivity index (χ0n) is 12.1. The Balaban J connectivity index is 1.63. The minimum absolute atomic E-state index is 0.0132. The molecule has 1 fully saturated rings. The molecule has 1 amide bonds.